The van der Waals surface area contributed by atoms with Crippen LogP contribution in [0.3, 0.4) is 0 Å². The summed E-state index contributed by atoms with van der Waals surface area (Å²) in [5, 5.41) is 15.6. The Balaban J connectivity index is 0.000000493. The number of benzene rings is 2. The van der Waals surface area contributed by atoms with Gasteiger partial charge in [-0.15, -0.1) is 0 Å². The second-order valence-electron chi connectivity index (χ2n) is 8.67. The predicted molar refractivity (Wildman–Crippen MR) is 139 cm³/mol. The Hall–Kier alpha value is -3.01. The maximum atomic E-state index is 12.3. The molecular weight excluding hydrogens is 482 g/mol. The molecule has 36 heavy (non-hydrogen) atoms. The van der Waals surface area contributed by atoms with Crippen molar-refractivity contribution in [2.24, 2.45) is 0 Å². The molecule has 2 aromatic carbocycles. The number of carboxylic acid groups (broad SMARTS) is 2. The minimum Gasteiger partial charge on any atom is -0.478 e. The second kappa shape index (κ2) is 14.5. The van der Waals surface area contributed by atoms with Crippen LogP contribution in [0, 0.1) is 0 Å². The lowest BCUT2D eigenvalue weighted by Crippen LogP contribution is -2.28. The molecule has 2 aromatic rings. The summed E-state index contributed by atoms with van der Waals surface area (Å²) in [6.45, 7) is 5.12. The average Bonchev–Trinajstić information content (AvgIpc) is 3.27. The molecule has 2 N–H and O–H groups in total. The largest absolute Gasteiger partial charge is 0.478 e. The van der Waals surface area contributed by atoms with E-state index < -0.39 is 21.8 Å². The zero-order chi connectivity index (χ0) is 26.6. The molecular formula is C27H35NO7S. The lowest BCUT2D eigenvalue weighted by molar-refractivity contribution is -0.134. The van der Waals surface area contributed by atoms with Gasteiger partial charge in [0.1, 0.15) is 0 Å². The summed E-state index contributed by atoms with van der Waals surface area (Å²) in [5.74, 6) is -2.40. The molecule has 1 aliphatic heterocycles. The maximum absolute atomic E-state index is 12.3. The van der Waals surface area contributed by atoms with E-state index in [2.05, 4.69) is 36.1 Å². The molecule has 0 aliphatic carbocycles. The molecule has 1 heterocycles. The van der Waals surface area contributed by atoms with Gasteiger partial charge in [-0.3, -0.25) is 0 Å². The summed E-state index contributed by atoms with van der Waals surface area (Å²) >= 11 is 0. The Kier molecular flexibility index (Phi) is 11.8. The molecule has 0 bridgehead atoms. The van der Waals surface area contributed by atoms with Crippen LogP contribution in [0.25, 0.3) is 11.1 Å². The molecule has 0 saturated carbocycles. The molecule has 0 spiro atoms. The highest BCUT2D eigenvalue weighted by molar-refractivity contribution is 7.91. The van der Waals surface area contributed by atoms with Crippen molar-refractivity contribution >= 4 is 21.8 Å². The second-order valence-corrected chi connectivity index (χ2v) is 10.8. The van der Waals surface area contributed by atoms with E-state index in [0.29, 0.717) is 36.1 Å². The summed E-state index contributed by atoms with van der Waals surface area (Å²) in [5.41, 5.74) is 3.50. The van der Waals surface area contributed by atoms with E-state index in [4.69, 9.17) is 14.9 Å². The standard InChI is InChI=1S/C23H31NO3S.C4H4O4/c1-19-5-3-15-24(19)16-14-20-6-8-21(9-7-20)22-10-12-23(13-11-22)28(25,26)18-4-17-27-2;5-3(6)1-2-4(7)8/h6-13,19H,3-5,14-18H2,1-2H3;1-2H,(H,5,6)(H,7,8)/b;2-1-/t19-;/m1./s1. The first-order valence-electron chi connectivity index (χ1n) is 11.9. The number of sulfone groups is 1. The van der Waals surface area contributed by atoms with E-state index in [1.165, 1.54) is 24.9 Å². The van der Waals surface area contributed by atoms with Crippen LogP contribution in [0.4, 0.5) is 0 Å². The van der Waals surface area contributed by atoms with E-state index in [1.807, 2.05) is 12.1 Å². The molecule has 1 aliphatic rings. The van der Waals surface area contributed by atoms with Crippen LogP contribution in [0.2, 0.25) is 0 Å². The first-order valence-corrected chi connectivity index (χ1v) is 13.6. The topological polar surface area (TPSA) is 121 Å². The highest BCUT2D eigenvalue weighted by Gasteiger charge is 2.19. The van der Waals surface area contributed by atoms with Gasteiger partial charge in [-0.25, -0.2) is 18.0 Å². The van der Waals surface area contributed by atoms with E-state index in [-0.39, 0.29) is 5.75 Å². The third kappa shape index (κ3) is 9.93. The number of nitrogens with zero attached hydrogens (tertiary/aromatic N) is 1. The van der Waals surface area contributed by atoms with Gasteiger partial charge in [0.25, 0.3) is 0 Å². The van der Waals surface area contributed by atoms with Crippen molar-refractivity contribution in [1.29, 1.82) is 0 Å². The molecule has 0 aromatic heterocycles. The van der Waals surface area contributed by atoms with Gasteiger partial charge in [0.2, 0.25) is 0 Å². The monoisotopic (exact) mass is 517 g/mol. The lowest BCUT2D eigenvalue weighted by Gasteiger charge is -2.20. The van der Waals surface area contributed by atoms with Crippen molar-refractivity contribution in [3.05, 3.63) is 66.2 Å². The quantitative estimate of drug-likeness (QED) is 0.340. The van der Waals surface area contributed by atoms with Gasteiger partial charge in [0, 0.05) is 38.5 Å². The van der Waals surface area contributed by atoms with Crippen LogP contribution >= 0.6 is 0 Å². The summed E-state index contributed by atoms with van der Waals surface area (Å²) in [6.07, 6.45) is 5.33. The Bertz CT molecular complexity index is 1090. The highest BCUT2D eigenvalue weighted by Crippen LogP contribution is 2.23. The van der Waals surface area contributed by atoms with E-state index >= 15 is 0 Å². The smallest absolute Gasteiger partial charge is 0.328 e. The van der Waals surface area contributed by atoms with Crippen molar-refractivity contribution in [2.45, 2.75) is 43.5 Å². The molecule has 196 valence electrons. The van der Waals surface area contributed by atoms with Gasteiger partial charge in [0.15, 0.2) is 9.84 Å². The van der Waals surface area contributed by atoms with Crippen molar-refractivity contribution in [3.63, 3.8) is 0 Å². The van der Waals surface area contributed by atoms with Gasteiger partial charge in [0.05, 0.1) is 10.6 Å². The SMILES string of the molecule is COCCCS(=O)(=O)c1ccc(-c2ccc(CCN3CCC[C@H]3C)cc2)cc1.O=C(O)/C=C\C(=O)O. The van der Waals surface area contributed by atoms with E-state index in [9.17, 15) is 18.0 Å². The normalized spacial score (nSPS) is 16.0. The minimum atomic E-state index is -3.24. The van der Waals surface area contributed by atoms with Crippen LogP contribution < -0.4 is 0 Å². The van der Waals surface area contributed by atoms with Gasteiger partial charge >= 0.3 is 11.9 Å². The van der Waals surface area contributed by atoms with Crippen LogP contribution in [-0.4, -0.2) is 74.1 Å². The number of aliphatic carboxylic acids is 2. The molecule has 9 heteroatoms. The molecule has 1 atom stereocenters. The number of methoxy groups -OCH3 is 1. The third-order valence-corrected chi connectivity index (χ3v) is 7.83. The Labute approximate surface area is 213 Å². The number of likely N-dealkylation sites (tertiary alicyclic amines) is 1. The number of carbonyl (C=O) groups is 2. The van der Waals surface area contributed by atoms with Gasteiger partial charge in [-0.2, -0.15) is 0 Å². The van der Waals surface area contributed by atoms with E-state index in [1.54, 1.807) is 19.2 Å². The fourth-order valence-corrected chi connectivity index (χ4v) is 5.25. The van der Waals surface area contributed by atoms with Crippen LogP contribution in [0.5, 0.6) is 0 Å². The summed E-state index contributed by atoms with van der Waals surface area (Å²) in [4.78, 5) is 22.1. The lowest BCUT2D eigenvalue weighted by atomic mass is 10.0. The molecule has 1 saturated heterocycles. The Morgan fingerprint density at radius 3 is 2.03 bits per heavy atom. The van der Waals surface area contributed by atoms with Gasteiger partial charge < -0.3 is 19.8 Å². The summed E-state index contributed by atoms with van der Waals surface area (Å²) in [6, 6.07) is 16.5. The van der Waals surface area contributed by atoms with E-state index in [0.717, 1.165) is 24.1 Å². The minimum absolute atomic E-state index is 0.116. The summed E-state index contributed by atoms with van der Waals surface area (Å²) in [7, 11) is -1.66. The molecule has 1 fully saturated rings. The highest BCUT2D eigenvalue weighted by atomic mass is 32.2. The zero-order valence-corrected chi connectivity index (χ0v) is 21.6. The van der Waals surface area contributed by atoms with Crippen LogP contribution in [0.15, 0.2) is 65.6 Å². The number of rotatable bonds is 11. The van der Waals surface area contributed by atoms with Gasteiger partial charge in [-0.1, -0.05) is 36.4 Å². The summed E-state index contributed by atoms with van der Waals surface area (Å²) < 4.78 is 29.6. The fraction of sp³-hybridized carbons (Fsp3) is 0.407. The fourth-order valence-electron chi connectivity index (χ4n) is 3.97. The van der Waals surface area contributed by atoms with Crippen molar-refractivity contribution < 1.29 is 33.0 Å². The molecule has 0 amide bonds. The van der Waals surface area contributed by atoms with Gasteiger partial charge in [-0.05, 0) is 68.0 Å². The molecule has 3 rings (SSSR count). The third-order valence-electron chi connectivity index (χ3n) is 6.01. The maximum Gasteiger partial charge on any atom is 0.328 e. The Morgan fingerprint density at radius 2 is 1.56 bits per heavy atom. The first kappa shape index (κ1) is 29.2. The number of hydrogen-bond acceptors (Lipinski definition) is 6. The van der Waals surface area contributed by atoms with Crippen molar-refractivity contribution in [1.82, 2.24) is 4.90 Å². The first-order chi connectivity index (χ1) is 17.1. The number of hydrogen-bond donors (Lipinski definition) is 2. The van der Waals surface area contributed by atoms with Crippen molar-refractivity contribution in [3.8, 4) is 11.1 Å². The number of carboxylic acids is 2. The predicted octanol–water partition coefficient (Wildman–Crippen LogP) is 3.90. The van der Waals surface area contributed by atoms with Crippen LogP contribution in [0.1, 0.15) is 31.7 Å². The average molecular weight is 518 g/mol. The number of ether oxygens (including phenoxy) is 1. The van der Waals surface area contributed by atoms with Crippen molar-refractivity contribution in [2.75, 3.05) is 32.6 Å². The molecule has 0 radical (unpaired) electrons. The van der Waals surface area contributed by atoms with Crippen LogP contribution in [-0.2, 0) is 30.6 Å². The molecule has 8 nitrogen and oxygen atoms in total. The zero-order valence-electron chi connectivity index (χ0n) is 20.8. The Morgan fingerprint density at radius 1 is 1.00 bits per heavy atom. The molecule has 0 unspecified atom stereocenters.